The van der Waals surface area contributed by atoms with Crippen LogP contribution in [0.4, 0.5) is 17.1 Å². The summed E-state index contributed by atoms with van der Waals surface area (Å²) in [5.41, 5.74) is 13.7. The van der Waals surface area contributed by atoms with Gasteiger partial charge in [0.25, 0.3) is 0 Å². The average Bonchev–Trinajstić information content (AvgIpc) is 3.66. The first kappa shape index (κ1) is 32.2. The molecule has 8 aromatic carbocycles. The van der Waals surface area contributed by atoms with E-state index in [9.17, 15) is 4.79 Å². The second-order valence-electron chi connectivity index (χ2n) is 13.7. The molecule has 2 aromatic heterocycles. The van der Waals surface area contributed by atoms with Crippen molar-refractivity contribution < 1.29 is 0 Å². The van der Waals surface area contributed by atoms with E-state index in [0.29, 0.717) is 5.65 Å². The number of aromatic nitrogens is 3. The van der Waals surface area contributed by atoms with Crippen LogP contribution in [-0.2, 0) is 0 Å². The Hall–Kier alpha value is -7.50. The van der Waals surface area contributed by atoms with Gasteiger partial charge >= 0.3 is 5.69 Å². The van der Waals surface area contributed by atoms with Crippen molar-refractivity contribution in [1.82, 2.24) is 14.0 Å². The summed E-state index contributed by atoms with van der Waals surface area (Å²) in [5, 5.41) is 0.903. The van der Waals surface area contributed by atoms with E-state index in [1.165, 1.54) is 22.3 Å². The highest BCUT2D eigenvalue weighted by Crippen LogP contribution is 2.38. The molecule has 260 valence electrons. The van der Waals surface area contributed by atoms with E-state index in [1.807, 2.05) is 72.8 Å². The van der Waals surface area contributed by atoms with Crippen LogP contribution in [0.1, 0.15) is 0 Å². The lowest BCUT2D eigenvalue weighted by Gasteiger charge is -2.26. The number of fused-ring (bicyclic) bond motifs is 5. The van der Waals surface area contributed by atoms with Gasteiger partial charge in [0.15, 0.2) is 5.65 Å². The summed E-state index contributed by atoms with van der Waals surface area (Å²) in [7, 11) is 0. The van der Waals surface area contributed by atoms with E-state index < -0.39 is 0 Å². The molecule has 5 heteroatoms. The van der Waals surface area contributed by atoms with E-state index in [1.54, 1.807) is 8.97 Å². The van der Waals surface area contributed by atoms with Gasteiger partial charge in [-0.1, -0.05) is 133 Å². The summed E-state index contributed by atoms with van der Waals surface area (Å²) in [6.45, 7) is 0. The summed E-state index contributed by atoms with van der Waals surface area (Å²) >= 11 is 0. The highest BCUT2D eigenvalue weighted by atomic mass is 16.1. The van der Waals surface area contributed by atoms with Crippen molar-refractivity contribution in [1.29, 1.82) is 0 Å². The molecule has 5 nitrogen and oxygen atoms in total. The largest absolute Gasteiger partial charge is 0.339 e. The van der Waals surface area contributed by atoms with Crippen molar-refractivity contribution in [2.45, 2.75) is 0 Å². The zero-order valence-electron chi connectivity index (χ0n) is 29.8. The number of hydrogen-bond donors (Lipinski definition) is 0. The van der Waals surface area contributed by atoms with E-state index in [4.69, 9.17) is 4.98 Å². The Labute approximate surface area is 318 Å². The number of para-hydroxylation sites is 3. The summed E-state index contributed by atoms with van der Waals surface area (Å²) in [6, 6.07) is 71.1. The van der Waals surface area contributed by atoms with E-state index in [0.717, 1.165) is 55.8 Å². The Kier molecular flexibility index (Phi) is 7.89. The molecule has 10 aromatic rings. The first-order valence-electron chi connectivity index (χ1n) is 18.4. The van der Waals surface area contributed by atoms with Crippen molar-refractivity contribution in [2.75, 3.05) is 4.90 Å². The maximum atomic E-state index is 14.2. The van der Waals surface area contributed by atoms with Gasteiger partial charge in [0.2, 0.25) is 0 Å². The molecule has 0 aliphatic heterocycles. The van der Waals surface area contributed by atoms with Crippen LogP contribution in [0.5, 0.6) is 0 Å². The van der Waals surface area contributed by atoms with E-state index in [2.05, 4.69) is 138 Å². The summed E-state index contributed by atoms with van der Waals surface area (Å²) in [5.74, 6) is 0. The molecule has 0 bridgehead atoms. The molecule has 0 aliphatic rings. The number of anilines is 3. The molecular weight excluding hydrogens is 673 g/mol. The van der Waals surface area contributed by atoms with Gasteiger partial charge in [-0.3, -0.25) is 4.57 Å². The fourth-order valence-corrected chi connectivity index (χ4v) is 7.64. The molecule has 0 saturated heterocycles. The molecule has 0 atom stereocenters. The molecule has 2 heterocycles. The molecule has 0 fully saturated rings. The van der Waals surface area contributed by atoms with E-state index >= 15 is 0 Å². The van der Waals surface area contributed by atoms with Gasteiger partial charge in [0, 0.05) is 22.4 Å². The SMILES string of the molecule is O=c1n(-c2ccccc2)c2ccc(-c3ccc(N(c4ccc(-c5ccccc5)cc4)c4ccc(-c5ccccc5)cc4)cc3)cc2c2nc3ccccc3n12. The molecule has 0 unspecified atom stereocenters. The average molecular weight is 707 g/mol. The lowest BCUT2D eigenvalue weighted by Crippen LogP contribution is -2.25. The molecule has 10 rings (SSSR count). The Morgan fingerprint density at radius 2 is 0.836 bits per heavy atom. The van der Waals surface area contributed by atoms with Crippen molar-refractivity contribution in [3.05, 3.63) is 217 Å². The number of imidazole rings is 1. The van der Waals surface area contributed by atoms with Crippen LogP contribution < -0.4 is 10.6 Å². The van der Waals surface area contributed by atoms with Crippen LogP contribution in [0.3, 0.4) is 0 Å². The van der Waals surface area contributed by atoms with Crippen molar-refractivity contribution in [3.63, 3.8) is 0 Å². The number of benzene rings is 8. The van der Waals surface area contributed by atoms with Gasteiger partial charge in [0.05, 0.1) is 22.2 Å². The molecule has 0 spiro atoms. The zero-order valence-corrected chi connectivity index (χ0v) is 29.8. The number of hydrogen-bond acceptors (Lipinski definition) is 3. The molecule has 0 amide bonds. The van der Waals surface area contributed by atoms with Crippen LogP contribution >= 0.6 is 0 Å². The summed E-state index contributed by atoms with van der Waals surface area (Å²) in [4.78, 5) is 21.4. The van der Waals surface area contributed by atoms with Gasteiger partial charge in [-0.25, -0.2) is 14.2 Å². The topological polar surface area (TPSA) is 42.5 Å². The minimum absolute atomic E-state index is 0.145. The van der Waals surface area contributed by atoms with Crippen LogP contribution in [0.25, 0.3) is 66.7 Å². The van der Waals surface area contributed by atoms with Crippen molar-refractivity contribution in [2.24, 2.45) is 0 Å². The van der Waals surface area contributed by atoms with Crippen LogP contribution in [0, 0.1) is 0 Å². The molecule has 55 heavy (non-hydrogen) atoms. The molecule has 0 saturated carbocycles. The predicted octanol–water partition coefficient (Wildman–Crippen LogP) is 12.3. The smallest absolute Gasteiger partial charge is 0.311 e. The highest BCUT2D eigenvalue weighted by molar-refractivity contribution is 5.99. The summed E-state index contributed by atoms with van der Waals surface area (Å²) in [6.07, 6.45) is 0. The summed E-state index contributed by atoms with van der Waals surface area (Å²) < 4.78 is 3.52. The third-order valence-corrected chi connectivity index (χ3v) is 10.4. The Morgan fingerprint density at radius 3 is 1.38 bits per heavy atom. The van der Waals surface area contributed by atoms with Gasteiger partial charge in [0.1, 0.15) is 0 Å². The maximum absolute atomic E-state index is 14.2. The Morgan fingerprint density at radius 1 is 0.400 bits per heavy atom. The Bertz CT molecular complexity index is 2920. The fraction of sp³-hybridized carbons (Fsp3) is 0. The lowest BCUT2D eigenvalue weighted by atomic mass is 10.0. The predicted molar refractivity (Wildman–Crippen MR) is 227 cm³/mol. The second kappa shape index (κ2) is 13.5. The van der Waals surface area contributed by atoms with Crippen molar-refractivity contribution in [3.8, 4) is 39.1 Å². The van der Waals surface area contributed by atoms with Gasteiger partial charge < -0.3 is 4.90 Å². The standard InChI is InChI=1S/C50H34N4O/c55-50-53(41-16-8-3-9-17-41)47-33-26-40(34-45(47)49-51-46-18-10-11-19-48(46)54(49)50)39-24-31-44(32-25-39)52(42-27-20-37(21-28-42)35-12-4-1-5-13-35)43-29-22-38(23-30-43)36-14-6-2-7-15-36/h1-34H. The molecule has 0 radical (unpaired) electrons. The number of nitrogens with zero attached hydrogens (tertiary/aromatic N) is 4. The van der Waals surface area contributed by atoms with Gasteiger partial charge in [-0.05, 0) is 106 Å². The van der Waals surface area contributed by atoms with Crippen molar-refractivity contribution >= 4 is 44.6 Å². The molecule has 0 aliphatic carbocycles. The zero-order chi connectivity index (χ0) is 36.7. The van der Waals surface area contributed by atoms with Gasteiger partial charge in [-0.15, -0.1) is 0 Å². The third-order valence-electron chi connectivity index (χ3n) is 10.4. The number of rotatable bonds is 7. The fourth-order valence-electron chi connectivity index (χ4n) is 7.64. The highest BCUT2D eigenvalue weighted by Gasteiger charge is 2.18. The minimum atomic E-state index is -0.145. The van der Waals surface area contributed by atoms with Crippen LogP contribution in [0.15, 0.2) is 211 Å². The molecular formula is C50H34N4O. The monoisotopic (exact) mass is 706 g/mol. The van der Waals surface area contributed by atoms with Gasteiger partial charge in [-0.2, -0.15) is 0 Å². The third kappa shape index (κ3) is 5.75. The van der Waals surface area contributed by atoms with E-state index in [-0.39, 0.29) is 5.69 Å². The maximum Gasteiger partial charge on any atom is 0.339 e. The first-order chi connectivity index (χ1) is 27.2. The first-order valence-corrected chi connectivity index (χ1v) is 18.4. The molecule has 0 N–H and O–H groups in total. The normalized spacial score (nSPS) is 11.3. The van der Waals surface area contributed by atoms with Crippen LogP contribution in [-0.4, -0.2) is 14.0 Å². The lowest BCUT2D eigenvalue weighted by molar-refractivity contribution is 0.932. The second-order valence-corrected chi connectivity index (χ2v) is 13.7. The van der Waals surface area contributed by atoms with Crippen LogP contribution in [0.2, 0.25) is 0 Å². The Balaban J connectivity index is 1.08. The minimum Gasteiger partial charge on any atom is -0.311 e. The quantitative estimate of drug-likeness (QED) is 0.166.